The second-order valence-corrected chi connectivity index (χ2v) is 4.62. The molecule has 0 spiro atoms. The highest BCUT2D eigenvalue weighted by molar-refractivity contribution is 6.36. The molecule has 0 radical (unpaired) electrons. The molecule has 0 fully saturated rings. The van der Waals surface area contributed by atoms with Crippen LogP contribution in [0.25, 0.3) is 0 Å². The quantitative estimate of drug-likeness (QED) is 0.901. The van der Waals surface area contributed by atoms with Gasteiger partial charge in [-0.15, -0.1) is 0 Å². The predicted octanol–water partition coefficient (Wildman–Crippen LogP) is 2.72. The summed E-state index contributed by atoms with van der Waals surface area (Å²) in [4.78, 5) is 4.28. The van der Waals surface area contributed by atoms with E-state index in [0.717, 1.165) is 5.56 Å². The predicted molar refractivity (Wildman–Crippen MR) is 68.3 cm³/mol. The Morgan fingerprint density at radius 3 is 2.53 bits per heavy atom. The highest BCUT2D eigenvalue weighted by atomic mass is 35.5. The van der Waals surface area contributed by atoms with E-state index in [9.17, 15) is 0 Å². The van der Waals surface area contributed by atoms with Gasteiger partial charge in [0.25, 0.3) is 0 Å². The van der Waals surface area contributed by atoms with Crippen molar-refractivity contribution in [2.24, 2.45) is 5.73 Å². The van der Waals surface area contributed by atoms with Crippen LogP contribution in [0.15, 0.2) is 18.2 Å². The molecule has 0 saturated carbocycles. The molecule has 6 heteroatoms. The molecular weight excluding hydrogens is 259 g/mol. The van der Waals surface area contributed by atoms with Crippen molar-refractivity contribution in [3.63, 3.8) is 0 Å². The summed E-state index contributed by atoms with van der Waals surface area (Å²) in [5.41, 5.74) is 6.52. The molecule has 1 aromatic carbocycles. The monoisotopic (exact) mass is 270 g/mol. The van der Waals surface area contributed by atoms with Gasteiger partial charge in [-0.2, -0.15) is 5.10 Å². The Morgan fingerprint density at radius 2 is 2.00 bits per heavy atom. The van der Waals surface area contributed by atoms with Crippen molar-refractivity contribution < 1.29 is 0 Å². The lowest BCUT2D eigenvalue weighted by Gasteiger charge is -2.04. The van der Waals surface area contributed by atoms with E-state index in [-0.39, 0.29) is 6.04 Å². The zero-order chi connectivity index (χ0) is 12.4. The first-order chi connectivity index (χ1) is 8.08. The van der Waals surface area contributed by atoms with Crippen molar-refractivity contribution in [2.75, 3.05) is 0 Å². The first-order valence-corrected chi connectivity index (χ1v) is 5.93. The Kier molecular flexibility index (Phi) is 3.66. The molecule has 1 heterocycles. The third-order valence-corrected chi connectivity index (χ3v) is 3.07. The summed E-state index contributed by atoms with van der Waals surface area (Å²) in [6, 6.07) is 5.21. The molecule has 0 aliphatic rings. The van der Waals surface area contributed by atoms with Crippen LogP contribution in [-0.2, 0) is 6.42 Å². The number of halogens is 2. The summed E-state index contributed by atoms with van der Waals surface area (Å²) >= 11 is 12.2. The van der Waals surface area contributed by atoms with Crippen LogP contribution >= 0.6 is 23.2 Å². The van der Waals surface area contributed by atoms with Gasteiger partial charge in [0.1, 0.15) is 5.82 Å². The molecule has 1 aromatic heterocycles. The maximum atomic E-state index is 6.08. The van der Waals surface area contributed by atoms with E-state index in [1.54, 1.807) is 12.1 Å². The van der Waals surface area contributed by atoms with Crippen molar-refractivity contribution in [3.8, 4) is 0 Å². The molecule has 2 aromatic rings. The fourth-order valence-electron chi connectivity index (χ4n) is 1.46. The standard InChI is InChI=1S/C11H12Cl2N4/c1-6(14)11-15-10(16-17-11)5-7-8(12)3-2-4-9(7)13/h2-4,6H,5,14H2,1H3,(H,15,16,17). The minimum absolute atomic E-state index is 0.193. The van der Waals surface area contributed by atoms with Crippen molar-refractivity contribution in [2.45, 2.75) is 19.4 Å². The van der Waals surface area contributed by atoms with Crippen LogP contribution in [0.3, 0.4) is 0 Å². The van der Waals surface area contributed by atoms with E-state index >= 15 is 0 Å². The molecule has 17 heavy (non-hydrogen) atoms. The molecule has 0 aliphatic heterocycles. The third kappa shape index (κ3) is 2.77. The van der Waals surface area contributed by atoms with Gasteiger partial charge in [-0.25, -0.2) is 4.98 Å². The zero-order valence-electron chi connectivity index (χ0n) is 9.24. The minimum atomic E-state index is -0.193. The number of aromatic amines is 1. The van der Waals surface area contributed by atoms with Crippen LogP contribution in [0.5, 0.6) is 0 Å². The molecule has 0 aliphatic carbocycles. The molecular formula is C11H12Cl2N4. The molecule has 0 saturated heterocycles. The van der Waals surface area contributed by atoms with Crippen molar-refractivity contribution >= 4 is 23.2 Å². The summed E-state index contributed by atoms with van der Waals surface area (Å²) < 4.78 is 0. The van der Waals surface area contributed by atoms with Crippen LogP contribution in [0.1, 0.15) is 30.2 Å². The van der Waals surface area contributed by atoms with Gasteiger partial charge >= 0.3 is 0 Å². The third-order valence-electron chi connectivity index (χ3n) is 2.36. The molecule has 1 atom stereocenters. The van der Waals surface area contributed by atoms with E-state index in [4.69, 9.17) is 28.9 Å². The number of H-pyrrole nitrogens is 1. The van der Waals surface area contributed by atoms with E-state index in [1.807, 2.05) is 13.0 Å². The van der Waals surface area contributed by atoms with Crippen LogP contribution in [0.2, 0.25) is 10.0 Å². The number of aromatic nitrogens is 3. The maximum absolute atomic E-state index is 6.08. The molecule has 1 unspecified atom stereocenters. The summed E-state index contributed by atoms with van der Waals surface area (Å²) in [7, 11) is 0. The molecule has 0 amide bonds. The summed E-state index contributed by atoms with van der Waals surface area (Å²) in [5, 5.41) is 8.10. The summed E-state index contributed by atoms with van der Waals surface area (Å²) in [5.74, 6) is 1.29. The lowest BCUT2D eigenvalue weighted by atomic mass is 10.1. The van der Waals surface area contributed by atoms with E-state index < -0.39 is 0 Å². The lowest BCUT2D eigenvalue weighted by molar-refractivity contribution is 0.744. The van der Waals surface area contributed by atoms with Crippen molar-refractivity contribution in [1.82, 2.24) is 15.2 Å². The van der Waals surface area contributed by atoms with Gasteiger partial charge in [-0.05, 0) is 24.6 Å². The Labute approximate surface area is 109 Å². The van der Waals surface area contributed by atoms with E-state index in [1.165, 1.54) is 0 Å². The number of nitrogens with two attached hydrogens (primary N) is 1. The zero-order valence-corrected chi connectivity index (χ0v) is 10.8. The van der Waals surface area contributed by atoms with E-state index in [0.29, 0.717) is 28.1 Å². The van der Waals surface area contributed by atoms with Crippen molar-refractivity contribution in [3.05, 3.63) is 45.5 Å². The van der Waals surface area contributed by atoms with Crippen LogP contribution in [0, 0.1) is 0 Å². The first-order valence-electron chi connectivity index (χ1n) is 5.17. The van der Waals surface area contributed by atoms with Gasteiger partial charge < -0.3 is 5.73 Å². The molecule has 0 bridgehead atoms. The highest BCUT2D eigenvalue weighted by Gasteiger charge is 2.11. The average molecular weight is 271 g/mol. The average Bonchev–Trinajstić information content (AvgIpc) is 2.72. The largest absolute Gasteiger partial charge is 0.321 e. The molecule has 4 nitrogen and oxygen atoms in total. The minimum Gasteiger partial charge on any atom is -0.321 e. The van der Waals surface area contributed by atoms with Crippen LogP contribution in [-0.4, -0.2) is 15.2 Å². The van der Waals surface area contributed by atoms with Gasteiger partial charge in [0, 0.05) is 16.5 Å². The molecule has 90 valence electrons. The van der Waals surface area contributed by atoms with Gasteiger partial charge in [-0.1, -0.05) is 29.3 Å². The fourth-order valence-corrected chi connectivity index (χ4v) is 1.99. The Bertz CT molecular complexity index is 502. The van der Waals surface area contributed by atoms with Gasteiger partial charge in [0.05, 0.1) is 6.04 Å². The van der Waals surface area contributed by atoms with Crippen molar-refractivity contribution in [1.29, 1.82) is 0 Å². The Balaban J connectivity index is 2.25. The van der Waals surface area contributed by atoms with E-state index in [2.05, 4.69) is 15.2 Å². The van der Waals surface area contributed by atoms with Crippen LogP contribution in [0.4, 0.5) is 0 Å². The summed E-state index contributed by atoms with van der Waals surface area (Å²) in [6.45, 7) is 1.83. The number of benzene rings is 1. The number of nitrogens with one attached hydrogen (secondary N) is 1. The number of hydrogen-bond donors (Lipinski definition) is 2. The normalized spacial score (nSPS) is 12.7. The summed E-state index contributed by atoms with van der Waals surface area (Å²) in [6.07, 6.45) is 0.512. The SMILES string of the molecule is CC(N)c1n[nH]c(Cc2c(Cl)cccc2Cl)n1. The second kappa shape index (κ2) is 5.04. The Morgan fingerprint density at radius 1 is 1.35 bits per heavy atom. The Hall–Kier alpha value is -1.10. The first kappa shape index (κ1) is 12.4. The lowest BCUT2D eigenvalue weighted by Crippen LogP contribution is -2.07. The molecule has 2 rings (SSSR count). The van der Waals surface area contributed by atoms with Crippen LogP contribution < -0.4 is 5.73 Å². The number of rotatable bonds is 3. The number of hydrogen-bond acceptors (Lipinski definition) is 3. The maximum Gasteiger partial charge on any atom is 0.167 e. The smallest absolute Gasteiger partial charge is 0.167 e. The second-order valence-electron chi connectivity index (χ2n) is 3.81. The number of nitrogens with zero attached hydrogens (tertiary/aromatic N) is 2. The van der Waals surface area contributed by atoms with Gasteiger partial charge in [-0.3, -0.25) is 5.10 Å². The topological polar surface area (TPSA) is 67.6 Å². The fraction of sp³-hybridized carbons (Fsp3) is 0.273. The molecule has 3 N–H and O–H groups in total. The van der Waals surface area contributed by atoms with Gasteiger partial charge in [0.15, 0.2) is 5.82 Å². The van der Waals surface area contributed by atoms with Gasteiger partial charge in [0.2, 0.25) is 0 Å². The highest BCUT2D eigenvalue weighted by Crippen LogP contribution is 2.26.